The fourth-order valence-corrected chi connectivity index (χ4v) is 1.82. The number of carbonyl (C=O) groups excluding carboxylic acids is 1. The summed E-state index contributed by atoms with van der Waals surface area (Å²) in [4.78, 5) is 11.4. The molecule has 1 atom stereocenters. The number of hydrogen-bond donors (Lipinski definition) is 1. The van der Waals surface area contributed by atoms with Crippen LogP contribution in [0.5, 0.6) is 5.75 Å². The molecule has 0 spiro atoms. The Morgan fingerprint density at radius 1 is 1.44 bits per heavy atom. The highest BCUT2D eigenvalue weighted by molar-refractivity contribution is 5.93. The lowest BCUT2D eigenvalue weighted by Crippen LogP contribution is -2.11. The number of ether oxygens (including phenoxy) is 2. The molecule has 1 unspecified atom stereocenters. The molecule has 16 heavy (non-hydrogen) atoms. The predicted octanol–water partition coefficient (Wildman–Crippen LogP) is 1.65. The highest BCUT2D eigenvalue weighted by Crippen LogP contribution is 2.41. The van der Waals surface area contributed by atoms with Crippen molar-refractivity contribution in [2.45, 2.75) is 18.9 Å². The van der Waals surface area contributed by atoms with E-state index in [1.54, 1.807) is 0 Å². The normalized spacial score (nSPS) is 27.4. The Hall–Kier alpha value is -1.55. The quantitative estimate of drug-likeness (QED) is 0.731. The molecule has 0 saturated carbocycles. The van der Waals surface area contributed by atoms with E-state index in [0.717, 1.165) is 23.6 Å². The van der Waals surface area contributed by atoms with Crippen LogP contribution in [0.15, 0.2) is 18.2 Å². The summed E-state index contributed by atoms with van der Waals surface area (Å²) in [5.74, 6) is 0.733. The van der Waals surface area contributed by atoms with E-state index >= 15 is 0 Å². The van der Waals surface area contributed by atoms with Gasteiger partial charge >= 0.3 is 0 Å². The Kier molecular flexibility index (Phi) is 1.94. The monoisotopic (exact) mass is 219 g/mol. The van der Waals surface area contributed by atoms with Gasteiger partial charge in [-0.15, -0.1) is 0 Å². The average Bonchev–Trinajstić information content (AvgIpc) is 3.01. The summed E-state index contributed by atoms with van der Waals surface area (Å²) in [6.45, 7) is 3.21. The number of anilines is 1. The molecule has 0 radical (unpaired) electrons. The highest BCUT2D eigenvalue weighted by atomic mass is 16.6. The summed E-state index contributed by atoms with van der Waals surface area (Å²) in [5.41, 5.74) is 1.65. The lowest BCUT2D eigenvalue weighted by molar-refractivity contribution is -0.116. The first-order valence-electron chi connectivity index (χ1n) is 5.38. The van der Waals surface area contributed by atoms with Gasteiger partial charge in [-0.1, -0.05) is 6.07 Å². The summed E-state index contributed by atoms with van der Waals surface area (Å²) in [6.07, 6.45) is 0.401. The molecule has 0 bridgehead atoms. The molecular weight excluding hydrogens is 206 g/mol. The first kappa shape index (κ1) is 9.66. The van der Waals surface area contributed by atoms with Gasteiger partial charge in [-0.05, 0) is 24.6 Å². The van der Waals surface area contributed by atoms with Crippen LogP contribution >= 0.6 is 0 Å². The van der Waals surface area contributed by atoms with Crippen molar-refractivity contribution in [3.63, 3.8) is 0 Å². The Balaban J connectivity index is 1.99. The minimum Gasteiger partial charge on any atom is -0.491 e. The SMILES string of the molecule is CC1(c2ccc3c(c2)NC(=O)CCO3)CO1. The molecular formula is C12H13NO3. The lowest BCUT2D eigenvalue weighted by atomic mass is 10.0. The summed E-state index contributed by atoms with van der Waals surface area (Å²) in [7, 11) is 0. The fraction of sp³-hybridized carbons (Fsp3) is 0.417. The molecule has 0 aromatic heterocycles. The van der Waals surface area contributed by atoms with Gasteiger partial charge in [0.25, 0.3) is 0 Å². The molecule has 84 valence electrons. The van der Waals surface area contributed by atoms with Crippen molar-refractivity contribution in [3.05, 3.63) is 23.8 Å². The van der Waals surface area contributed by atoms with E-state index in [0.29, 0.717) is 13.0 Å². The van der Waals surface area contributed by atoms with Gasteiger partial charge in [0, 0.05) is 0 Å². The first-order valence-corrected chi connectivity index (χ1v) is 5.38. The molecule has 2 aliphatic rings. The van der Waals surface area contributed by atoms with Gasteiger partial charge in [0.15, 0.2) is 0 Å². The third-order valence-corrected chi connectivity index (χ3v) is 3.03. The molecule has 4 heteroatoms. The molecule has 1 aromatic carbocycles. The topological polar surface area (TPSA) is 50.9 Å². The maximum atomic E-state index is 11.4. The first-order chi connectivity index (χ1) is 7.67. The maximum Gasteiger partial charge on any atom is 0.227 e. The molecule has 3 rings (SSSR count). The van der Waals surface area contributed by atoms with Crippen LogP contribution in [0.2, 0.25) is 0 Å². The van der Waals surface area contributed by atoms with Crippen molar-refractivity contribution in [1.29, 1.82) is 0 Å². The lowest BCUT2D eigenvalue weighted by Gasteiger charge is -2.11. The second kappa shape index (κ2) is 3.22. The molecule has 1 N–H and O–H groups in total. The van der Waals surface area contributed by atoms with E-state index in [9.17, 15) is 4.79 Å². The van der Waals surface area contributed by atoms with Crippen LogP contribution in [0.25, 0.3) is 0 Å². The van der Waals surface area contributed by atoms with E-state index in [1.807, 2.05) is 25.1 Å². The third kappa shape index (κ3) is 1.55. The number of nitrogens with one attached hydrogen (secondary N) is 1. The van der Waals surface area contributed by atoms with E-state index in [2.05, 4.69) is 5.32 Å². The third-order valence-electron chi connectivity index (χ3n) is 3.03. The van der Waals surface area contributed by atoms with Crippen LogP contribution in [0.1, 0.15) is 18.9 Å². The van der Waals surface area contributed by atoms with Crippen LogP contribution in [-0.4, -0.2) is 19.1 Å². The number of hydrogen-bond acceptors (Lipinski definition) is 3. The Labute approximate surface area is 93.5 Å². The minimum absolute atomic E-state index is 0.00207. The number of fused-ring (bicyclic) bond motifs is 1. The van der Waals surface area contributed by atoms with Crippen LogP contribution in [0, 0.1) is 0 Å². The number of epoxide rings is 1. The molecule has 1 amide bonds. The number of carbonyl (C=O) groups is 1. The van der Waals surface area contributed by atoms with Crippen molar-refractivity contribution in [2.24, 2.45) is 0 Å². The van der Waals surface area contributed by atoms with E-state index < -0.39 is 0 Å². The van der Waals surface area contributed by atoms with Gasteiger partial charge in [0.1, 0.15) is 11.4 Å². The van der Waals surface area contributed by atoms with Gasteiger partial charge in [-0.2, -0.15) is 0 Å². The largest absolute Gasteiger partial charge is 0.491 e. The highest BCUT2D eigenvalue weighted by Gasteiger charge is 2.41. The average molecular weight is 219 g/mol. The Morgan fingerprint density at radius 2 is 2.25 bits per heavy atom. The summed E-state index contributed by atoms with van der Waals surface area (Å²) < 4.78 is 10.9. The van der Waals surface area contributed by atoms with Gasteiger partial charge in [0.2, 0.25) is 5.91 Å². The summed E-state index contributed by atoms with van der Waals surface area (Å²) in [6, 6.07) is 5.82. The van der Waals surface area contributed by atoms with Crippen molar-refractivity contribution < 1.29 is 14.3 Å². The molecule has 1 saturated heterocycles. The molecule has 1 aromatic rings. The molecule has 4 nitrogen and oxygen atoms in total. The van der Waals surface area contributed by atoms with Crippen LogP contribution < -0.4 is 10.1 Å². The smallest absolute Gasteiger partial charge is 0.227 e. The van der Waals surface area contributed by atoms with Gasteiger partial charge in [-0.3, -0.25) is 4.79 Å². The van der Waals surface area contributed by atoms with E-state index in [-0.39, 0.29) is 11.5 Å². The second-order valence-corrected chi connectivity index (χ2v) is 4.38. The molecule has 0 aliphatic carbocycles. The molecule has 2 heterocycles. The van der Waals surface area contributed by atoms with Crippen molar-refractivity contribution >= 4 is 11.6 Å². The zero-order valence-corrected chi connectivity index (χ0v) is 9.08. The van der Waals surface area contributed by atoms with Crippen LogP contribution in [0.4, 0.5) is 5.69 Å². The van der Waals surface area contributed by atoms with Gasteiger partial charge < -0.3 is 14.8 Å². The zero-order valence-electron chi connectivity index (χ0n) is 9.08. The van der Waals surface area contributed by atoms with E-state index in [4.69, 9.17) is 9.47 Å². The van der Waals surface area contributed by atoms with Crippen molar-refractivity contribution in [2.75, 3.05) is 18.5 Å². The van der Waals surface area contributed by atoms with E-state index in [1.165, 1.54) is 0 Å². The Bertz CT molecular complexity index is 452. The second-order valence-electron chi connectivity index (χ2n) is 4.38. The summed E-state index contributed by atoms with van der Waals surface area (Å²) >= 11 is 0. The molecule has 2 aliphatic heterocycles. The van der Waals surface area contributed by atoms with Crippen molar-refractivity contribution in [1.82, 2.24) is 0 Å². The number of benzene rings is 1. The maximum absolute atomic E-state index is 11.4. The zero-order chi connectivity index (χ0) is 11.2. The summed E-state index contributed by atoms with van der Waals surface area (Å²) in [5, 5.41) is 2.84. The van der Waals surface area contributed by atoms with Gasteiger partial charge in [0.05, 0.1) is 25.3 Å². The standard InChI is InChI=1S/C12H13NO3/c1-12(7-16-12)8-2-3-10-9(6-8)13-11(14)4-5-15-10/h2-3,6H,4-5,7H2,1H3,(H,13,14). The predicted molar refractivity (Wildman–Crippen MR) is 58.5 cm³/mol. The van der Waals surface area contributed by atoms with Crippen LogP contribution in [0.3, 0.4) is 0 Å². The van der Waals surface area contributed by atoms with Gasteiger partial charge in [-0.25, -0.2) is 0 Å². The Morgan fingerprint density at radius 3 is 3.00 bits per heavy atom. The fourth-order valence-electron chi connectivity index (χ4n) is 1.82. The number of amides is 1. The van der Waals surface area contributed by atoms with Crippen LogP contribution in [-0.2, 0) is 15.1 Å². The molecule has 1 fully saturated rings. The minimum atomic E-state index is -0.175. The van der Waals surface area contributed by atoms with Crippen molar-refractivity contribution in [3.8, 4) is 5.75 Å². The number of rotatable bonds is 1.